The quantitative estimate of drug-likeness (QED) is 0.0270. The van der Waals surface area contributed by atoms with Gasteiger partial charge < -0.3 is 66.8 Å². The lowest BCUT2D eigenvalue weighted by molar-refractivity contribution is 0.00578. The Morgan fingerprint density at radius 1 is 0.500 bits per heavy atom. The van der Waals surface area contributed by atoms with Crippen molar-refractivity contribution < 1.29 is 56.0 Å². The van der Waals surface area contributed by atoms with Gasteiger partial charge in [0.05, 0.1) is 124 Å². The van der Waals surface area contributed by atoms with E-state index in [0.29, 0.717) is 98.6 Å². The summed E-state index contributed by atoms with van der Waals surface area (Å²) < 4.78 is 89.7. The number of rotatable bonds is 23. The maximum Gasteiger partial charge on any atom is 0.496 e. The SMILES string of the molecule is C.C.C#C.C#CC.CC(C)n1c(=O)n(C)c2nnc3cc(F)c(-c4ccc(COCCN(C)C)nc4)cc3c21.CC(C)n1c(=O)n(C)c2nnc3cc(F)c(Br)cc3c21.CC1(C)OB(B2OC(C)(C)C(C)(C)O2)OC1(C)C.CN(C)CCO.CN(C)CCOCc1ccc(B2OC(C)(C)C(C)(C)O2)cn1.CN(C)CCOCc1ccc(Br)cn1.ClCc1ccc(Br)cn1. The molecule has 0 amide bonds. The molecule has 0 saturated carbocycles. The molecule has 3 saturated heterocycles. The third kappa shape index (κ3) is 32.2. The first kappa shape index (κ1) is 115. The number of benzene rings is 2. The van der Waals surface area contributed by atoms with Gasteiger partial charge >= 0.3 is 32.5 Å². The summed E-state index contributed by atoms with van der Waals surface area (Å²) in [5, 5.41) is 25.9. The van der Waals surface area contributed by atoms with Crippen molar-refractivity contribution in [2.24, 2.45) is 14.1 Å². The summed E-state index contributed by atoms with van der Waals surface area (Å²) in [5.74, 6) is 1.91. The number of aromatic nitrogens is 12. The van der Waals surface area contributed by atoms with Crippen LogP contribution in [0.4, 0.5) is 8.78 Å². The first-order valence-electron chi connectivity index (χ1n) is 41.1. The summed E-state index contributed by atoms with van der Waals surface area (Å²) in [4.78, 5) is 50.3. The largest absolute Gasteiger partial charge is 0.496 e. The third-order valence-corrected chi connectivity index (χ3v) is 22.9. The Hall–Kier alpha value is -7.40. The number of nitrogens with zero attached hydrogens (tertiary/aromatic N) is 16. The summed E-state index contributed by atoms with van der Waals surface area (Å²) in [6, 6.07) is 21.3. The van der Waals surface area contributed by atoms with Crippen LogP contribution in [0.15, 0.2) is 121 Å². The van der Waals surface area contributed by atoms with E-state index in [0.717, 1.165) is 70.0 Å². The van der Waals surface area contributed by atoms with E-state index in [1.807, 2.05) is 232 Å². The van der Waals surface area contributed by atoms with Crippen LogP contribution in [-0.4, -0.2) is 247 Å². The minimum Gasteiger partial charge on any atom is -0.405 e. The van der Waals surface area contributed by atoms with E-state index in [1.54, 1.807) is 60.9 Å². The second kappa shape index (κ2) is 52.2. The van der Waals surface area contributed by atoms with Crippen LogP contribution in [0.1, 0.15) is 167 Å². The van der Waals surface area contributed by atoms with Crippen LogP contribution in [0.5, 0.6) is 0 Å². The molecular formula is C91H135B3Br3ClF2N16O12. The minimum absolute atomic E-state index is 0. The molecule has 2 aromatic carbocycles. The van der Waals surface area contributed by atoms with Crippen molar-refractivity contribution >= 4 is 130 Å². The van der Waals surface area contributed by atoms with Crippen LogP contribution in [-0.2, 0) is 81.9 Å². The van der Waals surface area contributed by atoms with E-state index in [2.05, 4.69) is 123 Å². The molecule has 0 spiro atoms. The van der Waals surface area contributed by atoms with E-state index in [4.69, 9.17) is 58.8 Å². The van der Waals surface area contributed by atoms with Gasteiger partial charge in [0, 0.05) is 126 Å². The molecule has 3 aliphatic heterocycles. The van der Waals surface area contributed by atoms with Crippen molar-refractivity contribution in [1.82, 2.24) is 78.2 Å². The molecule has 0 aliphatic carbocycles. The molecule has 28 nitrogen and oxygen atoms in total. The smallest absolute Gasteiger partial charge is 0.405 e. The highest BCUT2D eigenvalue weighted by molar-refractivity contribution is 9.11. The lowest BCUT2D eigenvalue weighted by Gasteiger charge is -2.32. The number of imidazole rings is 2. The monoisotopic (exact) mass is 1990 g/mol. The minimum atomic E-state index is -0.476. The maximum absolute atomic E-state index is 15.0. The highest BCUT2D eigenvalue weighted by Crippen LogP contribution is 2.44. The number of aliphatic hydroxyl groups is 1. The van der Waals surface area contributed by atoms with Gasteiger partial charge in [0.1, 0.15) is 22.7 Å². The number of hydrogen-bond donors (Lipinski definition) is 1. The lowest BCUT2D eigenvalue weighted by Crippen LogP contribution is -2.41. The lowest BCUT2D eigenvalue weighted by atomic mass is 9.49. The van der Waals surface area contributed by atoms with Crippen LogP contribution in [0.3, 0.4) is 0 Å². The Balaban J connectivity index is 0.000000397. The number of aryl methyl sites for hydroxylation is 2. The van der Waals surface area contributed by atoms with Crippen LogP contribution in [0.25, 0.3) is 55.3 Å². The average Bonchev–Trinajstić information content (AvgIpc) is 1.53. The molecule has 13 rings (SSSR count). The number of ether oxygens (including phenoxy) is 3. The second-order valence-electron chi connectivity index (χ2n) is 34.4. The number of terminal acetylenes is 2. The Morgan fingerprint density at radius 2 is 0.836 bits per heavy atom. The van der Waals surface area contributed by atoms with Gasteiger partial charge in [0.2, 0.25) is 0 Å². The van der Waals surface area contributed by atoms with E-state index in [1.165, 1.54) is 21.3 Å². The Morgan fingerprint density at radius 3 is 1.15 bits per heavy atom. The zero-order valence-electron chi connectivity index (χ0n) is 78.2. The fourth-order valence-electron chi connectivity index (χ4n) is 11.7. The van der Waals surface area contributed by atoms with E-state index in [9.17, 15) is 18.4 Å². The maximum atomic E-state index is 15.0. The Labute approximate surface area is 788 Å². The predicted octanol–water partition coefficient (Wildman–Crippen LogP) is 15.8. The molecule has 128 heavy (non-hydrogen) atoms. The zero-order valence-corrected chi connectivity index (χ0v) is 83.7. The number of pyridine rings is 4. The molecule has 8 aromatic heterocycles. The number of halogens is 6. The van der Waals surface area contributed by atoms with Crippen molar-refractivity contribution in [3.8, 4) is 36.3 Å². The van der Waals surface area contributed by atoms with E-state index >= 15 is 0 Å². The standard InChI is InChI=1S/C23H27FN6O2.C16H27BN2O3.C13H12BrFN4O.C12H24B2O4.C10H15BrN2O.C6H5BrClN.C4H11NO.C3H4.C2H2.2CH4/c1-14(2)30-21-18-10-17(15-6-7-16(25-12-15)13-32-9-8-28(3)4)19(24)11-20(18)26-27-22(21)29(5)23(30)31;1-15(2)16(3,4)22-17(21-15)13-7-8-14(18-11-13)12-20-10-9-19(5)6;1-6(2)19-11-7-4-8(14)9(15)5-10(7)16-17-12(11)18(3)13(19)20;1-9(2)10(3,4)16-13(15-9)14-17-11(5,6)12(7,8)18-14;1-13(2)5-6-14-8-10-4-3-9(11)7-12-10;7-5-1-2-6(3-8)9-4-5;1-5(2)3-4-6;1-3-2;1-2;;/h6-7,10-12,14H,8-9,13H2,1-5H3;7-8,11H,9-10,12H2,1-6H3;4-6H,1-3H3;1-8H3;3-4,7H,5-6,8H2,1-2H3;1-2,4H,3H2;6H,3-4H2,1-2H3;1H,2H3;1-2H;2*1H4. The van der Waals surface area contributed by atoms with Gasteiger partial charge in [0.15, 0.2) is 11.3 Å². The second-order valence-corrected chi connectivity index (χ2v) is 37.4. The van der Waals surface area contributed by atoms with Gasteiger partial charge in [-0.2, -0.15) is 0 Å². The number of alkyl halides is 1. The van der Waals surface area contributed by atoms with Gasteiger partial charge in [-0.25, -0.2) is 18.4 Å². The molecule has 3 aliphatic rings. The first-order valence-corrected chi connectivity index (χ1v) is 44.1. The van der Waals surface area contributed by atoms with Gasteiger partial charge in [0.25, 0.3) is 0 Å². The van der Waals surface area contributed by atoms with Crippen LogP contribution >= 0.6 is 59.4 Å². The Bertz CT molecular complexity index is 5190. The van der Waals surface area contributed by atoms with Crippen molar-refractivity contribution in [2.75, 3.05) is 109 Å². The first-order chi connectivity index (χ1) is 59.0. The topological polar surface area (TPSA) is 273 Å². The van der Waals surface area contributed by atoms with E-state index in [-0.39, 0.29) is 85.6 Å². The average molecular weight is 1990 g/mol. The van der Waals surface area contributed by atoms with Crippen molar-refractivity contribution in [3.63, 3.8) is 0 Å². The Kier molecular flexibility index (Phi) is 46.8. The van der Waals surface area contributed by atoms with Gasteiger partial charge in [-0.1, -0.05) is 27.0 Å². The molecule has 10 aromatic rings. The molecule has 1 N–H and O–H groups in total. The van der Waals surface area contributed by atoms with Crippen LogP contribution in [0.2, 0.25) is 0 Å². The van der Waals surface area contributed by atoms with E-state index < -0.39 is 25.7 Å². The molecule has 0 radical (unpaired) electrons. The van der Waals surface area contributed by atoms with Gasteiger partial charge in [-0.05, 0) is 270 Å². The molecule has 37 heteroatoms. The fraction of sp³-hybridized carbons (Fsp3) is 0.538. The number of likely N-dealkylation sites (N-methyl/N-ethyl adjacent to an activating group) is 4. The summed E-state index contributed by atoms with van der Waals surface area (Å²) in [6.07, 6.45) is 19.6. The fourth-order valence-corrected chi connectivity index (χ4v) is 12.7. The molecule has 11 heterocycles. The number of aliphatic hydroxyl groups excluding tert-OH is 1. The molecule has 702 valence electrons. The highest BCUT2D eigenvalue weighted by Gasteiger charge is 2.64. The summed E-state index contributed by atoms with van der Waals surface area (Å²) in [6.45, 7) is 41.0. The molecule has 0 unspecified atom stereocenters. The zero-order chi connectivity index (χ0) is 94.7. The summed E-state index contributed by atoms with van der Waals surface area (Å²) in [7, 11) is 18.0. The molecular weight excluding hydrogens is 1850 g/mol. The van der Waals surface area contributed by atoms with Crippen LogP contribution in [0, 0.1) is 36.8 Å². The molecule has 3 fully saturated rings. The third-order valence-electron chi connectivity index (χ3n) is 21.0. The molecule has 0 atom stereocenters. The number of hydrogen-bond acceptors (Lipinski definition) is 24. The van der Waals surface area contributed by atoms with Gasteiger partial charge in [-0.3, -0.25) is 38.2 Å². The predicted molar refractivity (Wildman–Crippen MR) is 526 cm³/mol. The highest BCUT2D eigenvalue weighted by atomic mass is 79.9. The normalized spacial score (nSPS) is 15.2. The van der Waals surface area contributed by atoms with Gasteiger partial charge in [-0.15, -0.1) is 57.2 Å². The summed E-state index contributed by atoms with van der Waals surface area (Å²) in [5.41, 5.74) is 6.23. The summed E-state index contributed by atoms with van der Waals surface area (Å²) >= 11 is 15.3. The molecule has 0 bridgehead atoms. The van der Waals surface area contributed by atoms with Crippen molar-refractivity contribution in [2.45, 2.75) is 204 Å². The van der Waals surface area contributed by atoms with Crippen LogP contribution < -0.4 is 16.8 Å². The number of fused-ring (bicyclic) bond motifs is 6. The van der Waals surface area contributed by atoms with Crippen molar-refractivity contribution in [1.29, 1.82) is 0 Å². The van der Waals surface area contributed by atoms with Crippen molar-refractivity contribution in [3.05, 3.63) is 166 Å².